The molecule has 4 aromatic heterocycles. The van der Waals surface area contributed by atoms with Crippen molar-refractivity contribution >= 4 is 39.2 Å². The molecule has 0 aliphatic carbocycles. The van der Waals surface area contributed by atoms with E-state index >= 15 is 0 Å². The fraction of sp³-hybridized carbons (Fsp3) is 0.103. The molecular formula is C29H22ClN7O3. The zero-order chi connectivity index (χ0) is 27.8. The van der Waals surface area contributed by atoms with Crippen molar-refractivity contribution < 1.29 is 4.74 Å². The molecule has 2 aromatic carbocycles. The van der Waals surface area contributed by atoms with Crippen LogP contribution in [0.4, 0.5) is 5.82 Å². The van der Waals surface area contributed by atoms with Crippen LogP contribution in [0.5, 0.6) is 5.75 Å². The molecule has 10 nitrogen and oxygen atoms in total. The summed E-state index contributed by atoms with van der Waals surface area (Å²) in [5, 5.41) is 4.88. The number of ether oxygens (including phenoxy) is 1. The molecule has 0 fully saturated rings. The number of nitrogens with one attached hydrogen (secondary N) is 2. The number of halogens is 1. The van der Waals surface area contributed by atoms with Crippen LogP contribution < -0.4 is 21.0 Å². The average molecular weight is 552 g/mol. The van der Waals surface area contributed by atoms with E-state index in [0.29, 0.717) is 61.2 Å². The van der Waals surface area contributed by atoms with Gasteiger partial charge in [0.25, 0.3) is 5.56 Å². The van der Waals surface area contributed by atoms with E-state index in [1.165, 1.54) is 25.7 Å². The highest BCUT2D eigenvalue weighted by atomic mass is 35.5. The number of methoxy groups -OCH3 is 1. The third-order valence-electron chi connectivity index (χ3n) is 6.61. The average Bonchev–Trinajstić information content (AvgIpc) is 2.99. The largest absolute Gasteiger partial charge is 0.494 e. The van der Waals surface area contributed by atoms with Gasteiger partial charge in [-0.25, -0.2) is 19.9 Å². The summed E-state index contributed by atoms with van der Waals surface area (Å²) in [7, 11) is 1.53. The Morgan fingerprint density at radius 1 is 0.950 bits per heavy atom. The number of rotatable bonds is 6. The second kappa shape index (κ2) is 10.2. The summed E-state index contributed by atoms with van der Waals surface area (Å²) in [6.45, 7) is 1.85. The van der Waals surface area contributed by atoms with Crippen LogP contribution in [-0.4, -0.2) is 36.6 Å². The maximum absolute atomic E-state index is 14.4. The lowest BCUT2D eigenvalue weighted by Crippen LogP contribution is -2.27. The normalized spacial score (nSPS) is 12.0. The zero-order valence-electron chi connectivity index (χ0n) is 21.4. The van der Waals surface area contributed by atoms with Gasteiger partial charge in [-0.2, -0.15) is 0 Å². The number of hydrogen-bond donors (Lipinski definition) is 2. The number of hydrogen-bond acceptors (Lipinski definition) is 8. The van der Waals surface area contributed by atoms with Gasteiger partial charge in [0.15, 0.2) is 17.0 Å². The minimum atomic E-state index is -0.552. The molecule has 0 unspecified atom stereocenters. The molecule has 6 aromatic rings. The minimum absolute atomic E-state index is 0.238. The van der Waals surface area contributed by atoms with Gasteiger partial charge in [-0.05, 0) is 19.1 Å². The summed E-state index contributed by atoms with van der Waals surface area (Å²) >= 11 is 7.13. The molecule has 1 atom stereocenters. The molecule has 0 aliphatic heterocycles. The molecule has 0 bridgehead atoms. The van der Waals surface area contributed by atoms with Crippen LogP contribution in [0.15, 0.2) is 89.1 Å². The Labute approximate surface area is 232 Å². The molecule has 4 heterocycles. The number of H-pyrrole nitrogens is 1. The minimum Gasteiger partial charge on any atom is -0.494 e. The van der Waals surface area contributed by atoms with Gasteiger partial charge in [0, 0.05) is 28.9 Å². The molecule has 0 saturated heterocycles. The van der Waals surface area contributed by atoms with E-state index in [2.05, 4.69) is 30.2 Å². The fourth-order valence-corrected chi connectivity index (χ4v) is 5.18. The van der Waals surface area contributed by atoms with Crippen LogP contribution in [0.2, 0.25) is 5.02 Å². The van der Waals surface area contributed by atoms with Crippen LogP contribution in [-0.2, 0) is 0 Å². The predicted molar refractivity (Wildman–Crippen MR) is 154 cm³/mol. The van der Waals surface area contributed by atoms with Gasteiger partial charge in [-0.1, -0.05) is 48.0 Å². The topological polar surface area (TPSA) is 128 Å². The summed E-state index contributed by atoms with van der Waals surface area (Å²) in [5.41, 5.74) is 1.52. The summed E-state index contributed by atoms with van der Waals surface area (Å²) in [6.07, 6.45) is 5.99. The molecule has 0 radical (unpaired) electrons. The van der Waals surface area contributed by atoms with Gasteiger partial charge >= 0.3 is 0 Å². The SMILES string of the molecule is COc1cnc(-c2cccc3c(Cl)c([C@H](C)Nc4ncnc5[nH]ccc(=O)c45)n(-c4ccccc4)c(=O)c23)nc1. The van der Waals surface area contributed by atoms with E-state index in [1.54, 1.807) is 29.1 Å². The van der Waals surface area contributed by atoms with E-state index < -0.39 is 6.04 Å². The van der Waals surface area contributed by atoms with E-state index in [-0.39, 0.29) is 11.0 Å². The first kappa shape index (κ1) is 25.2. The second-order valence-corrected chi connectivity index (χ2v) is 9.38. The van der Waals surface area contributed by atoms with Crippen molar-refractivity contribution in [2.24, 2.45) is 0 Å². The van der Waals surface area contributed by atoms with Crippen molar-refractivity contribution in [3.05, 3.63) is 111 Å². The zero-order valence-corrected chi connectivity index (χ0v) is 22.2. The first-order chi connectivity index (χ1) is 19.5. The standard InChI is InChI=1S/C29H22ClN7O3/c1-16(36-28-23-21(38)11-12-31-27(23)34-15-35-28)25-24(30)19-9-6-10-20(26-32-13-18(40-2)14-33-26)22(19)29(39)37(25)17-7-4-3-5-8-17/h3-16H,1-2H3,(H2,31,34,35,36,38)/t16-/m0/s1. The van der Waals surface area contributed by atoms with Crippen molar-refractivity contribution in [3.8, 4) is 22.8 Å². The smallest absolute Gasteiger partial charge is 0.264 e. The van der Waals surface area contributed by atoms with Gasteiger partial charge in [-0.15, -0.1) is 0 Å². The maximum atomic E-state index is 14.4. The molecule has 198 valence electrons. The number of aromatic amines is 1. The van der Waals surface area contributed by atoms with Gasteiger partial charge in [0.1, 0.15) is 23.2 Å². The Hall–Kier alpha value is -5.09. The van der Waals surface area contributed by atoms with Gasteiger partial charge in [0.2, 0.25) is 0 Å². The lowest BCUT2D eigenvalue weighted by molar-refractivity contribution is 0.411. The summed E-state index contributed by atoms with van der Waals surface area (Å²) < 4.78 is 6.76. The van der Waals surface area contributed by atoms with E-state index in [0.717, 1.165) is 0 Å². The summed E-state index contributed by atoms with van der Waals surface area (Å²) in [5.74, 6) is 1.19. The monoisotopic (exact) mass is 551 g/mol. The Bertz CT molecular complexity index is 1990. The number of para-hydroxylation sites is 1. The third kappa shape index (κ3) is 4.24. The van der Waals surface area contributed by atoms with Crippen molar-refractivity contribution in [2.75, 3.05) is 12.4 Å². The number of fused-ring (bicyclic) bond motifs is 2. The van der Waals surface area contributed by atoms with Crippen LogP contribution in [0.25, 0.3) is 38.9 Å². The molecule has 6 rings (SSSR count). The number of benzene rings is 2. The molecule has 0 saturated carbocycles. The van der Waals surface area contributed by atoms with Gasteiger partial charge in [0.05, 0.1) is 41.6 Å². The van der Waals surface area contributed by atoms with Crippen molar-refractivity contribution in [2.45, 2.75) is 13.0 Å². The molecule has 11 heteroatoms. The van der Waals surface area contributed by atoms with Gasteiger partial charge in [-0.3, -0.25) is 14.2 Å². The summed E-state index contributed by atoms with van der Waals surface area (Å²) in [6, 6.07) is 15.5. The highest BCUT2D eigenvalue weighted by Gasteiger charge is 2.24. The number of anilines is 1. The number of nitrogens with zero attached hydrogens (tertiary/aromatic N) is 5. The quantitative estimate of drug-likeness (QED) is 0.299. The van der Waals surface area contributed by atoms with Crippen molar-refractivity contribution in [1.82, 2.24) is 29.5 Å². The van der Waals surface area contributed by atoms with Crippen molar-refractivity contribution in [1.29, 1.82) is 0 Å². The molecule has 0 spiro atoms. The third-order valence-corrected chi connectivity index (χ3v) is 7.01. The first-order valence-corrected chi connectivity index (χ1v) is 12.7. The Balaban J connectivity index is 1.60. The Morgan fingerprint density at radius 3 is 2.48 bits per heavy atom. The van der Waals surface area contributed by atoms with E-state index in [1.807, 2.05) is 43.3 Å². The lowest BCUT2D eigenvalue weighted by atomic mass is 10.0. The van der Waals surface area contributed by atoms with Crippen molar-refractivity contribution in [3.63, 3.8) is 0 Å². The second-order valence-electron chi connectivity index (χ2n) is 9.00. The molecule has 40 heavy (non-hydrogen) atoms. The van der Waals surface area contributed by atoms with Gasteiger partial charge < -0.3 is 15.0 Å². The van der Waals surface area contributed by atoms with E-state index in [9.17, 15) is 9.59 Å². The lowest BCUT2D eigenvalue weighted by Gasteiger charge is -2.24. The fourth-order valence-electron chi connectivity index (χ4n) is 4.78. The molecule has 2 N–H and O–H groups in total. The Morgan fingerprint density at radius 2 is 1.73 bits per heavy atom. The van der Waals surface area contributed by atoms with Crippen LogP contribution in [0.1, 0.15) is 18.7 Å². The highest BCUT2D eigenvalue weighted by Crippen LogP contribution is 2.36. The van der Waals surface area contributed by atoms with Crippen LogP contribution in [0.3, 0.4) is 0 Å². The molecule has 0 aliphatic rings. The number of pyridine rings is 2. The van der Waals surface area contributed by atoms with Crippen LogP contribution in [0, 0.1) is 0 Å². The van der Waals surface area contributed by atoms with Crippen LogP contribution >= 0.6 is 11.6 Å². The predicted octanol–water partition coefficient (Wildman–Crippen LogP) is 4.91. The highest BCUT2D eigenvalue weighted by molar-refractivity contribution is 6.36. The maximum Gasteiger partial charge on any atom is 0.264 e. The number of aromatic nitrogens is 6. The summed E-state index contributed by atoms with van der Waals surface area (Å²) in [4.78, 5) is 47.3. The molecular weight excluding hydrogens is 530 g/mol. The molecule has 0 amide bonds. The van der Waals surface area contributed by atoms with E-state index in [4.69, 9.17) is 16.3 Å². The Kier molecular flexibility index (Phi) is 6.45. The first-order valence-electron chi connectivity index (χ1n) is 12.4.